The minimum atomic E-state index is -2.94. The average Bonchev–Trinajstić information content (AvgIpc) is 2.30. The lowest BCUT2D eigenvalue weighted by Gasteiger charge is -1.92. The van der Waals surface area contributed by atoms with Crippen molar-refractivity contribution in [2.45, 2.75) is 6.42 Å². The quantitative estimate of drug-likeness (QED) is 0.716. The van der Waals surface area contributed by atoms with E-state index in [4.69, 9.17) is 10.3 Å². The second-order valence-electron chi connectivity index (χ2n) is 2.60. The van der Waals surface area contributed by atoms with Gasteiger partial charge in [-0.15, -0.1) is 0 Å². The van der Waals surface area contributed by atoms with Crippen LogP contribution in [0.2, 0.25) is 0 Å². The Labute approximate surface area is 70.5 Å². The fourth-order valence-electron chi connectivity index (χ4n) is 0.733. The normalized spacial score (nSPS) is 11.8. The molecule has 1 aromatic heterocycles. The Balaban J connectivity index is 2.55. The van der Waals surface area contributed by atoms with E-state index in [2.05, 4.69) is 5.16 Å². The lowest BCUT2D eigenvalue weighted by atomic mass is 10.4. The molecule has 0 aromatic carbocycles. The minimum absolute atomic E-state index is 0.0572. The summed E-state index contributed by atoms with van der Waals surface area (Å²) in [5.41, 5.74) is 5.26. The van der Waals surface area contributed by atoms with Gasteiger partial charge in [-0.3, -0.25) is 0 Å². The molecule has 0 aliphatic carbocycles. The number of nitrogen functional groups attached to an aromatic ring is 1. The molecule has 0 unspecified atom stereocenters. The number of sulfone groups is 1. The van der Waals surface area contributed by atoms with Crippen LogP contribution < -0.4 is 5.73 Å². The summed E-state index contributed by atoms with van der Waals surface area (Å²) in [5, 5.41) is 3.43. The Morgan fingerprint density at radius 3 is 2.75 bits per heavy atom. The molecule has 1 heterocycles. The van der Waals surface area contributed by atoms with Gasteiger partial charge in [-0.05, 0) is 0 Å². The first kappa shape index (κ1) is 9.05. The maximum Gasteiger partial charge on any atom is 0.167 e. The maximum absolute atomic E-state index is 10.7. The van der Waals surface area contributed by atoms with Crippen molar-refractivity contribution in [1.29, 1.82) is 0 Å². The van der Waals surface area contributed by atoms with Crippen LogP contribution in [0.15, 0.2) is 10.6 Å². The summed E-state index contributed by atoms with van der Waals surface area (Å²) in [6, 6.07) is 1.52. The van der Waals surface area contributed by atoms with E-state index < -0.39 is 9.84 Å². The number of aromatic nitrogens is 1. The van der Waals surface area contributed by atoms with Gasteiger partial charge in [-0.25, -0.2) is 8.42 Å². The van der Waals surface area contributed by atoms with Gasteiger partial charge in [-0.2, -0.15) is 0 Å². The van der Waals surface area contributed by atoms with Crippen LogP contribution in [-0.4, -0.2) is 25.6 Å². The van der Waals surface area contributed by atoms with Crippen LogP contribution >= 0.6 is 0 Å². The zero-order valence-corrected chi connectivity index (χ0v) is 7.47. The van der Waals surface area contributed by atoms with Crippen LogP contribution in [-0.2, 0) is 16.3 Å². The summed E-state index contributed by atoms with van der Waals surface area (Å²) >= 11 is 0. The number of anilines is 1. The molecule has 12 heavy (non-hydrogen) atoms. The number of hydrogen-bond donors (Lipinski definition) is 1. The van der Waals surface area contributed by atoms with Crippen molar-refractivity contribution in [2.24, 2.45) is 0 Å². The maximum atomic E-state index is 10.7. The van der Waals surface area contributed by atoms with E-state index in [0.717, 1.165) is 0 Å². The number of hydrogen-bond acceptors (Lipinski definition) is 5. The Morgan fingerprint density at radius 2 is 2.33 bits per heavy atom. The highest BCUT2D eigenvalue weighted by Crippen LogP contribution is 2.05. The molecular formula is C6H10N2O3S. The molecule has 0 aliphatic heterocycles. The van der Waals surface area contributed by atoms with Crippen molar-refractivity contribution < 1.29 is 12.9 Å². The Morgan fingerprint density at radius 1 is 1.67 bits per heavy atom. The zero-order valence-electron chi connectivity index (χ0n) is 6.65. The number of nitrogens with zero attached hydrogens (tertiary/aromatic N) is 1. The number of rotatable bonds is 3. The van der Waals surface area contributed by atoms with Gasteiger partial charge in [0, 0.05) is 18.7 Å². The van der Waals surface area contributed by atoms with Crippen molar-refractivity contribution in [3.05, 3.63) is 11.8 Å². The van der Waals surface area contributed by atoms with Crippen LogP contribution in [0, 0.1) is 0 Å². The predicted octanol–water partition coefficient (Wildman–Crippen LogP) is -0.156. The third-order valence-corrected chi connectivity index (χ3v) is 2.24. The third-order valence-electron chi connectivity index (χ3n) is 1.30. The highest BCUT2D eigenvalue weighted by molar-refractivity contribution is 7.90. The van der Waals surface area contributed by atoms with Crippen LogP contribution in [0.25, 0.3) is 0 Å². The Bertz CT molecular complexity index is 355. The minimum Gasteiger partial charge on any atom is -0.381 e. The lowest BCUT2D eigenvalue weighted by Crippen LogP contribution is -2.05. The van der Waals surface area contributed by atoms with Crippen molar-refractivity contribution in [1.82, 2.24) is 5.16 Å². The summed E-state index contributed by atoms with van der Waals surface area (Å²) in [6.45, 7) is 0. The van der Waals surface area contributed by atoms with Gasteiger partial charge < -0.3 is 10.3 Å². The highest BCUT2D eigenvalue weighted by atomic mass is 32.2. The summed E-state index contributed by atoms with van der Waals surface area (Å²) in [5.74, 6) is 0.832. The van der Waals surface area contributed by atoms with Crippen molar-refractivity contribution >= 4 is 15.7 Å². The highest BCUT2D eigenvalue weighted by Gasteiger charge is 2.06. The van der Waals surface area contributed by atoms with Gasteiger partial charge >= 0.3 is 0 Å². The van der Waals surface area contributed by atoms with E-state index in [9.17, 15) is 8.42 Å². The molecule has 2 N–H and O–H groups in total. The molecule has 6 heteroatoms. The molecule has 0 atom stereocenters. The predicted molar refractivity (Wildman–Crippen MR) is 44.3 cm³/mol. The number of aryl methyl sites for hydroxylation is 1. The van der Waals surface area contributed by atoms with Gasteiger partial charge in [0.25, 0.3) is 0 Å². The van der Waals surface area contributed by atoms with Crippen LogP contribution in [0.3, 0.4) is 0 Å². The van der Waals surface area contributed by atoms with Crippen LogP contribution in [0.4, 0.5) is 5.82 Å². The molecule has 68 valence electrons. The molecule has 0 radical (unpaired) electrons. The molecule has 0 fully saturated rings. The van der Waals surface area contributed by atoms with E-state index in [1.165, 1.54) is 12.3 Å². The summed E-state index contributed by atoms with van der Waals surface area (Å²) < 4.78 is 26.2. The molecule has 5 nitrogen and oxygen atoms in total. The molecule has 0 saturated heterocycles. The van der Waals surface area contributed by atoms with Crippen molar-refractivity contribution in [3.8, 4) is 0 Å². The Kier molecular flexibility index (Phi) is 2.37. The van der Waals surface area contributed by atoms with Gasteiger partial charge in [-0.1, -0.05) is 5.16 Å². The van der Waals surface area contributed by atoms with Crippen LogP contribution in [0.1, 0.15) is 5.76 Å². The smallest absolute Gasteiger partial charge is 0.167 e. The fraction of sp³-hybridized carbons (Fsp3) is 0.500. The first-order valence-corrected chi connectivity index (χ1v) is 5.42. The average molecular weight is 190 g/mol. The monoisotopic (exact) mass is 190 g/mol. The van der Waals surface area contributed by atoms with E-state index >= 15 is 0 Å². The van der Waals surface area contributed by atoms with Crippen LogP contribution in [0.5, 0.6) is 0 Å². The fourth-order valence-corrected chi connectivity index (χ4v) is 1.30. The Hall–Kier alpha value is -1.04. The lowest BCUT2D eigenvalue weighted by molar-refractivity contribution is 0.389. The van der Waals surface area contributed by atoms with E-state index in [1.807, 2.05) is 0 Å². The summed E-state index contributed by atoms with van der Waals surface area (Å²) in [7, 11) is -2.94. The molecule has 0 saturated carbocycles. The van der Waals surface area contributed by atoms with E-state index in [1.54, 1.807) is 0 Å². The van der Waals surface area contributed by atoms with Crippen molar-refractivity contribution in [3.63, 3.8) is 0 Å². The topological polar surface area (TPSA) is 86.2 Å². The molecule has 1 rings (SSSR count). The second-order valence-corrected chi connectivity index (χ2v) is 4.86. The molecule has 1 aromatic rings. The molecule has 0 amide bonds. The van der Waals surface area contributed by atoms with Gasteiger partial charge in [0.15, 0.2) is 5.82 Å². The van der Waals surface area contributed by atoms with Gasteiger partial charge in [0.1, 0.15) is 15.6 Å². The molecular weight excluding hydrogens is 180 g/mol. The summed E-state index contributed by atoms with van der Waals surface area (Å²) in [6.07, 6.45) is 1.50. The standard InChI is InChI=1S/C6H10N2O3S/c1-12(9,10)3-2-5-4-6(7)8-11-5/h4H,2-3H2,1H3,(H2,7,8). The molecule has 0 aliphatic rings. The zero-order chi connectivity index (χ0) is 9.19. The molecule has 0 bridgehead atoms. The van der Waals surface area contributed by atoms with Crippen molar-refractivity contribution in [2.75, 3.05) is 17.7 Å². The first-order valence-electron chi connectivity index (χ1n) is 3.36. The second kappa shape index (κ2) is 3.14. The SMILES string of the molecule is CS(=O)(=O)CCc1cc(N)no1. The largest absolute Gasteiger partial charge is 0.381 e. The number of nitrogens with two attached hydrogens (primary N) is 1. The summed E-state index contributed by atoms with van der Waals surface area (Å²) in [4.78, 5) is 0. The third kappa shape index (κ3) is 2.91. The molecule has 0 spiro atoms. The first-order chi connectivity index (χ1) is 5.47. The van der Waals surface area contributed by atoms with E-state index in [0.29, 0.717) is 12.2 Å². The van der Waals surface area contributed by atoms with Gasteiger partial charge in [0.05, 0.1) is 5.75 Å². The van der Waals surface area contributed by atoms with Gasteiger partial charge in [0.2, 0.25) is 0 Å². The van der Waals surface area contributed by atoms with E-state index in [-0.39, 0.29) is 11.6 Å².